The van der Waals surface area contributed by atoms with Gasteiger partial charge in [0.25, 0.3) is 0 Å². The molecule has 0 aromatic rings. The minimum absolute atomic E-state index is 0.294. The Labute approximate surface area is 49.7 Å². The zero-order chi connectivity index (χ0) is 4.41. The molecule has 3 heteroatoms. The van der Waals surface area contributed by atoms with Gasteiger partial charge in [0.15, 0.2) is 4.11 Å². The molecule has 34 valence electrons. The topological polar surface area (TPSA) is 21.6 Å². The van der Waals surface area contributed by atoms with E-state index in [9.17, 15) is 0 Å². The summed E-state index contributed by atoms with van der Waals surface area (Å²) in [5.41, 5.74) is 0. The molecule has 1 aliphatic heterocycles. The van der Waals surface area contributed by atoms with Crippen LogP contribution in [0.1, 0.15) is 6.42 Å². The molecule has 1 unspecified atom stereocenters. The second-order valence-corrected chi connectivity index (χ2v) is 2.43. The minimum Gasteiger partial charge on any atom is -0.382 e. The Morgan fingerprint density at radius 1 is 2.00 bits per heavy atom. The summed E-state index contributed by atoms with van der Waals surface area (Å²) in [6.07, 6.45) is 2.73. The lowest BCUT2D eigenvalue weighted by Gasteiger charge is -1.91. The van der Waals surface area contributed by atoms with Gasteiger partial charge in [-0.3, -0.25) is 0 Å². The maximum Gasteiger partial charge on any atom is 0.182 e. The number of halogens is 1. The minimum atomic E-state index is 0.294. The third kappa shape index (κ3) is 0.830. The third-order valence-electron chi connectivity index (χ3n) is 0.540. The van der Waals surface area contributed by atoms with E-state index in [-0.39, 0.29) is 0 Å². The Morgan fingerprint density at radius 2 is 2.83 bits per heavy atom. The van der Waals surface area contributed by atoms with Gasteiger partial charge in [-0.1, -0.05) is 5.16 Å². The standard InChI is InChI=1S/C3H4INO/c4-3-1-2-5-6-3/h2-3H,1H2. The van der Waals surface area contributed by atoms with E-state index in [0.717, 1.165) is 6.42 Å². The Balaban J connectivity index is 2.32. The van der Waals surface area contributed by atoms with Gasteiger partial charge in [-0.15, -0.1) is 0 Å². The highest BCUT2D eigenvalue weighted by atomic mass is 127. The molecule has 1 atom stereocenters. The first-order valence-electron chi connectivity index (χ1n) is 1.71. The third-order valence-corrected chi connectivity index (χ3v) is 1.28. The first-order valence-corrected chi connectivity index (χ1v) is 2.96. The number of hydrogen-bond acceptors (Lipinski definition) is 2. The highest BCUT2D eigenvalue weighted by Gasteiger charge is 2.04. The second-order valence-electron chi connectivity index (χ2n) is 1.04. The van der Waals surface area contributed by atoms with E-state index in [1.165, 1.54) is 0 Å². The molecule has 0 aliphatic carbocycles. The van der Waals surface area contributed by atoms with Crippen LogP contribution in [0.15, 0.2) is 5.16 Å². The fourth-order valence-electron chi connectivity index (χ4n) is 0.278. The van der Waals surface area contributed by atoms with Crippen LogP contribution in [0.5, 0.6) is 0 Å². The largest absolute Gasteiger partial charge is 0.382 e. The molecule has 0 amide bonds. The van der Waals surface area contributed by atoms with Gasteiger partial charge >= 0.3 is 0 Å². The van der Waals surface area contributed by atoms with Gasteiger partial charge < -0.3 is 4.84 Å². The van der Waals surface area contributed by atoms with Crippen molar-refractivity contribution in [3.63, 3.8) is 0 Å². The van der Waals surface area contributed by atoms with Crippen LogP contribution in [-0.4, -0.2) is 10.3 Å². The van der Waals surface area contributed by atoms with Crippen molar-refractivity contribution in [1.82, 2.24) is 0 Å². The van der Waals surface area contributed by atoms with Crippen molar-refractivity contribution in [1.29, 1.82) is 0 Å². The summed E-state index contributed by atoms with van der Waals surface area (Å²) < 4.78 is 0.294. The van der Waals surface area contributed by atoms with E-state index in [1.807, 2.05) is 0 Å². The average molecular weight is 197 g/mol. The van der Waals surface area contributed by atoms with Crippen LogP contribution in [0.3, 0.4) is 0 Å². The summed E-state index contributed by atoms with van der Waals surface area (Å²) in [6, 6.07) is 0. The lowest BCUT2D eigenvalue weighted by Crippen LogP contribution is -1.88. The molecule has 0 saturated heterocycles. The first-order chi connectivity index (χ1) is 2.89. The summed E-state index contributed by atoms with van der Waals surface area (Å²) in [5.74, 6) is 0. The summed E-state index contributed by atoms with van der Waals surface area (Å²) in [6.45, 7) is 0. The van der Waals surface area contributed by atoms with Crippen LogP contribution in [0.25, 0.3) is 0 Å². The van der Waals surface area contributed by atoms with Crippen LogP contribution < -0.4 is 0 Å². The monoisotopic (exact) mass is 197 g/mol. The molecular weight excluding hydrogens is 193 g/mol. The van der Waals surface area contributed by atoms with Crippen molar-refractivity contribution in [2.45, 2.75) is 10.5 Å². The molecule has 0 bridgehead atoms. The van der Waals surface area contributed by atoms with E-state index in [0.29, 0.717) is 4.11 Å². The molecular formula is C3H4INO. The Morgan fingerprint density at radius 3 is 3.00 bits per heavy atom. The molecule has 0 spiro atoms. The van der Waals surface area contributed by atoms with E-state index < -0.39 is 0 Å². The average Bonchev–Trinajstić information content (AvgIpc) is 1.86. The highest BCUT2D eigenvalue weighted by Crippen LogP contribution is 2.10. The van der Waals surface area contributed by atoms with E-state index in [2.05, 4.69) is 27.7 Å². The van der Waals surface area contributed by atoms with Gasteiger partial charge in [-0.05, 0) is 22.6 Å². The normalized spacial score (nSPS) is 30.5. The maximum atomic E-state index is 4.71. The van der Waals surface area contributed by atoms with Crippen molar-refractivity contribution >= 4 is 28.8 Å². The Hall–Kier alpha value is 0.200. The molecule has 0 radical (unpaired) electrons. The molecule has 1 aliphatic rings. The van der Waals surface area contributed by atoms with Gasteiger partial charge in [0, 0.05) is 12.6 Å². The van der Waals surface area contributed by atoms with Crippen LogP contribution in [-0.2, 0) is 4.84 Å². The second kappa shape index (κ2) is 1.77. The van der Waals surface area contributed by atoms with Gasteiger partial charge in [-0.2, -0.15) is 0 Å². The molecule has 0 aromatic carbocycles. The maximum absolute atomic E-state index is 4.71. The van der Waals surface area contributed by atoms with Gasteiger partial charge in [-0.25, -0.2) is 0 Å². The highest BCUT2D eigenvalue weighted by molar-refractivity contribution is 14.1. The molecule has 1 rings (SSSR count). The number of rotatable bonds is 0. The Bertz CT molecular complexity index is 65.2. The number of nitrogens with zero attached hydrogens (tertiary/aromatic N) is 1. The van der Waals surface area contributed by atoms with Crippen LogP contribution >= 0.6 is 22.6 Å². The SMILES string of the molecule is IC1CC=NO1. The van der Waals surface area contributed by atoms with Crippen molar-refractivity contribution in [3.8, 4) is 0 Å². The first kappa shape index (κ1) is 4.36. The molecule has 0 N–H and O–H groups in total. The Kier molecular flexibility index (Phi) is 1.29. The quantitative estimate of drug-likeness (QED) is 0.421. The van der Waals surface area contributed by atoms with Crippen LogP contribution in [0.4, 0.5) is 0 Å². The number of oxime groups is 1. The molecule has 2 nitrogen and oxygen atoms in total. The van der Waals surface area contributed by atoms with Gasteiger partial charge in [0.1, 0.15) is 0 Å². The van der Waals surface area contributed by atoms with E-state index >= 15 is 0 Å². The molecule has 0 aromatic heterocycles. The van der Waals surface area contributed by atoms with Crippen molar-refractivity contribution in [2.24, 2.45) is 5.16 Å². The smallest absolute Gasteiger partial charge is 0.182 e. The van der Waals surface area contributed by atoms with Crippen molar-refractivity contribution in [3.05, 3.63) is 0 Å². The lowest BCUT2D eigenvalue weighted by atomic mass is 10.5. The fourth-order valence-corrected chi connectivity index (χ4v) is 0.637. The summed E-state index contributed by atoms with van der Waals surface area (Å²) >= 11 is 2.18. The zero-order valence-corrected chi connectivity index (χ0v) is 5.25. The summed E-state index contributed by atoms with van der Waals surface area (Å²) in [4.78, 5) is 4.71. The fraction of sp³-hybridized carbons (Fsp3) is 0.667. The summed E-state index contributed by atoms with van der Waals surface area (Å²) in [5, 5.41) is 3.53. The predicted octanol–water partition coefficient (Wildman–Crippen LogP) is 1.15. The number of alkyl halides is 1. The molecule has 0 fully saturated rings. The zero-order valence-electron chi connectivity index (χ0n) is 3.10. The van der Waals surface area contributed by atoms with Crippen LogP contribution in [0.2, 0.25) is 0 Å². The predicted molar refractivity (Wildman–Crippen MR) is 32.0 cm³/mol. The summed E-state index contributed by atoms with van der Waals surface area (Å²) in [7, 11) is 0. The lowest BCUT2D eigenvalue weighted by molar-refractivity contribution is 0.160. The van der Waals surface area contributed by atoms with E-state index in [4.69, 9.17) is 4.84 Å². The van der Waals surface area contributed by atoms with Crippen molar-refractivity contribution < 1.29 is 4.84 Å². The molecule has 6 heavy (non-hydrogen) atoms. The van der Waals surface area contributed by atoms with Gasteiger partial charge in [0.05, 0.1) is 0 Å². The molecule has 0 saturated carbocycles. The van der Waals surface area contributed by atoms with Crippen LogP contribution in [0, 0.1) is 0 Å². The number of hydrogen-bond donors (Lipinski definition) is 0. The molecule has 1 heterocycles. The van der Waals surface area contributed by atoms with E-state index in [1.54, 1.807) is 6.21 Å². The van der Waals surface area contributed by atoms with Gasteiger partial charge in [0.2, 0.25) is 0 Å². The van der Waals surface area contributed by atoms with Crippen molar-refractivity contribution in [2.75, 3.05) is 0 Å².